The van der Waals surface area contributed by atoms with Gasteiger partial charge < -0.3 is 10.1 Å². The minimum absolute atomic E-state index is 0.143. The molecule has 0 aliphatic heterocycles. The second-order valence-electron chi connectivity index (χ2n) is 4.22. The molecule has 0 fully saturated rings. The highest BCUT2D eigenvalue weighted by atomic mass is 35.5. The molecule has 2 nitrogen and oxygen atoms in total. The van der Waals surface area contributed by atoms with Crippen molar-refractivity contribution in [3.05, 3.63) is 34.6 Å². The Kier molecular flexibility index (Phi) is 7.25. The van der Waals surface area contributed by atoms with Crippen LogP contribution in [0.4, 0.5) is 4.39 Å². The fourth-order valence-electron chi connectivity index (χ4n) is 1.71. The van der Waals surface area contributed by atoms with Gasteiger partial charge in [0.25, 0.3) is 0 Å². The van der Waals surface area contributed by atoms with Gasteiger partial charge in [0, 0.05) is 12.2 Å². The number of nitrogens with one attached hydrogen (secondary N) is 1. The van der Waals surface area contributed by atoms with Crippen LogP contribution in [0, 0.1) is 5.82 Å². The van der Waals surface area contributed by atoms with Crippen molar-refractivity contribution in [2.24, 2.45) is 0 Å². The third-order valence-electron chi connectivity index (χ3n) is 2.63. The van der Waals surface area contributed by atoms with Gasteiger partial charge in [-0.1, -0.05) is 37.6 Å². The van der Waals surface area contributed by atoms with E-state index in [4.69, 9.17) is 16.3 Å². The highest BCUT2D eigenvalue weighted by Crippen LogP contribution is 2.23. The van der Waals surface area contributed by atoms with Crippen LogP contribution in [0.15, 0.2) is 18.2 Å². The summed E-state index contributed by atoms with van der Waals surface area (Å²) in [7, 11) is 0. The largest absolute Gasteiger partial charge is 0.379 e. The van der Waals surface area contributed by atoms with E-state index in [1.165, 1.54) is 0 Å². The maximum atomic E-state index is 14.0. The van der Waals surface area contributed by atoms with Crippen molar-refractivity contribution < 1.29 is 9.13 Å². The van der Waals surface area contributed by atoms with Gasteiger partial charge in [-0.05, 0) is 25.5 Å². The first-order valence-corrected chi connectivity index (χ1v) is 6.83. The van der Waals surface area contributed by atoms with Gasteiger partial charge in [-0.3, -0.25) is 0 Å². The molecule has 0 saturated carbocycles. The number of rotatable bonds is 8. The predicted molar refractivity (Wildman–Crippen MR) is 73.6 cm³/mol. The van der Waals surface area contributed by atoms with Crippen molar-refractivity contribution in [2.45, 2.75) is 32.7 Å². The van der Waals surface area contributed by atoms with Gasteiger partial charge in [0.2, 0.25) is 0 Å². The lowest BCUT2D eigenvalue weighted by atomic mass is 10.1. The summed E-state index contributed by atoms with van der Waals surface area (Å²) in [5.41, 5.74) is 0.576. The zero-order valence-corrected chi connectivity index (χ0v) is 11.8. The van der Waals surface area contributed by atoms with E-state index in [2.05, 4.69) is 19.2 Å². The van der Waals surface area contributed by atoms with Crippen LogP contribution in [0.25, 0.3) is 0 Å². The van der Waals surface area contributed by atoms with Gasteiger partial charge in [-0.25, -0.2) is 4.39 Å². The zero-order chi connectivity index (χ0) is 13.4. The fourth-order valence-corrected chi connectivity index (χ4v) is 1.89. The summed E-state index contributed by atoms with van der Waals surface area (Å²) in [6.45, 7) is 6.10. The Hall–Kier alpha value is -0.640. The summed E-state index contributed by atoms with van der Waals surface area (Å²) in [6, 6.07) is 4.94. The summed E-state index contributed by atoms with van der Waals surface area (Å²) < 4.78 is 19.5. The molecule has 0 bridgehead atoms. The van der Waals surface area contributed by atoms with E-state index >= 15 is 0 Å². The van der Waals surface area contributed by atoms with E-state index in [-0.39, 0.29) is 16.9 Å². The second-order valence-corrected chi connectivity index (χ2v) is 4.63. The molecule has 0 aliphatic rings. The Labute approximate surface area is 113 Å². The topological polar surface area (TPSA) is 21.3 Å². The van der Waals surface area contributed by atoms with Gasteiger partial charge in [0.1, 0.15) is 5.82 Å². The molecule has 1 N–H and O–H groups in total. The van der Waals surface area contributed by atoms with Gasteiger partial charge >= 0.3 is 0 Å². The second kappa shape index (κ2) is 8.46. The van der Waals surface area contributed by atoms with E-state index in [9.17, 15) is 4.39 Å². The molecule has 0 aliphatic carbocycles. The van der Waals surface area contributed by atoms with Crippen LogP contribution in [-0.4, -0.2) is 19.8 Å². The lowest BCUT2D eigenvalue weighted by Crippen LogP contribution is -2.27. The lowest BCUT2D eigenvalue weighted by Gasteiger charge is -2.20. The number of hydrogen-bond acceptors (Lipinski definition) is 2. The molecule has 1 rings (SSSR count). The number of ether oxygens (including phenoxy) is 1. The number of benzene rings is 1. The van der Waals surface area contributed by atoms with Crippen LogP contribution in [0.2, 0.25) is 5.02 Å². The highest BCUT2D eigenvalue weighted by Gasteiger charge is 2.16. The molecule has 1 aromatic rings. The molecule has 0 aromatic heterocycles. The molecule has 1 atom stereocenters. The van der Waals surface area contributed by atoms with Crippen LogP contribution >= 0.6 is 11.6 Å². The first kappa shape index (κ1) is 15.4. The average Bonchev–Trinajstić information content (AvgIpc) is 2.37. The molecular formula is C14H21ClFNO. The normalized spacial score (nSPS) is 12.7. The fraction of sp³-hybridized carbons (Fsp3) is 0.571. The third-order valence-corrected chi connectivity index (χ3v) is 2.92. The van der Waals surface area contributed by atoms with E-state index in [0.717, 1.165) is 19.4 Å². The SMILES string of the molecule is CCCNC(COCCC)c1cccc(Cl)c1F. The van der Waals surface area contributed by atoms with E-state index in [0.29, 0.717) is 18.8 Å². The molecule has 102 valence electrons. The minimum Gasteiger partial charge on any atom is -0.379 e. The van der Waals surface area contributed by atoms with Crippen LogP contribution in [0.1, 0.15) is 38.3 Å². The molecule has 1 aromatic carbocycles. The molecule has 18 heavy (non-hydrogen) atoms. The molecule has 1 unspecified atom stereocenters. The van der Waals surface area contributed by atoms with Crippen molar-refractivity contribution in [2.75, 3.05) is 19.8 Å². The van der Waals surface area contributed by atoms with E-state index in [1.807, 2.05) is 0 Å². The molecule has 0 spiro atoms. The third kappa shape index (κ3) is 4.56. The minimum atomic E-state index is -0.354. The lowest BCUT2D eigenvalue weighted by molar-refractivity contribution is 0.111. The van der Waals surface area contributed by atoms with Crippen LogP contribution < -0.4 is 5.32 Å². The Bertz CT molecular complexity index is 360. The van der Waals surface area contributed by atoms with Crippen molar-refractivity contribution >= 4 is 11.6 Å². The van der Waals surface area contributed by atoms with E-state index in [1.54, 1.807) is 18.2 Å². The molecular weight excluding hydrogens is 253 g/mol. The maximum Gasteiger partial charge on any atom is 0.146 e. The van der Waals surface area contributed by atoms with Gasteiger partial charge in [-0.2, -0.15) is 0 Å². The van der Waals surface area contributed by atoms with E-state index < -0.39 is 0 Å². The first-order chi connectivity index (χ1) is 8.70. The smallest absolute Gasteiger partial charge is 0.146 e. The summed E-state index contributed by atoms with van der Waals surface area (Å²) in [5, 5.41) is 3.45. The monoisotopic (exact) mass is 273 g/mol. The van der Waals surface area contributed by atoms with Crippen LogP contribution in [0.3, 0.4) is 0 Å². The summed E-state index contributed by atoms with van der Waals surface area (Å²) in [4.78, 5) is 0. The standard InChI is InChI=1S/C14H21ClFNO/c1-3-8-17-13(10-18-9-4-2)11-6-5-7-12(15)14(11)16/h5-7,13,17H,3-4,8-10H2,1-2H3. The number of halogens is 2. The summed E-state index contributed by atoms with van der Waals surface area (Å²) in [5.74, 6) is -0.354. The summed E-state index contributed by atoms with van der Waals surface area (Å²) >= 11 is 5.81. The molecule has 0 heterocycles. The quantitative estimate of drug-likeness (QED) is 0.724. The Morgan fingerprint density at radius 1 is 1.33 bits per heavy atom. The van der Waals surface area contributed by atoms with Crippen molar-refractivity contribution in [3.63, 3.8) is 0 Å². The van der Waals surface area contributed by atoms with Crippen molar-refractivity contribution in [1.29, 1.82) is 0 Å². The van der Waals surface area contributed by atoms with Crippen LogP contribution in [-0.2, 0) is 4.74 Å². The Balaban J connectivity index is 2.76. The number of hydrogen-bond donors (Lipinski definition) is 1. The highest BCUT2D eigenvalue weighted by molar-refractivity contribution is 6.30. The Morgan fingerprint density at radius 3 is 2.78 bits per heavy atom. The summed E-state index contributed by atoms with van der Waals surface area (Å²) in [6.07, 6.45) is 1.95. The zero-order valence-electron chi connectivity index (χ0n) is 11.0. The maximum absolute atomic E-state index is 14.0. The van der Waals surface area contributed by atoms with Gasteiger partial charge in [-0.15, -0.1) is 0 Å². The first-order valence-electron chi connectivity index (χ1n) is 6.45. The van der Waals surface area contributed by atoms with Crippen molar-refractivity contribution in [1.82, 2.24) is 5.32 Å². The molecule has 0 saturated heterocycles. The van der Waals surface area contributed by atoms with Gasteiger partial charge in [0.15, 0.2) is 0 Å². The predicted octanol–water partition coefficient (Wildman–Crippen LogP) is 3.95. The average molecular weight is 274 g/mol. The van der Waals surface area contributed by atoms with Crippen molar-refractivity contribution in [3.8, 4) is 0 Å². The Morgan fingerprint density at radius 2 is 2.11 bits per heavy atom. The van der Waals surface area contributed by atoms with Gasteiger partial charge in [0.05, 0.1) is 17.7 Å². The molecule has 4 heteroatoms. The molecule has 0 amide bonds. The van der Waals surface area contributed by atoms with Crippen LogP contribution in [0.5, 0.6) is 0 Å². The molecule has 0 radical (unpaired) electrons.